The van der Waals surface area contributed by atoms with Crippen molar-refractivity contribution in [2.24, 2.45) is 0 Å². The minimum absolute atomic E-state index is 0.0747. The van der Waals surface area contributed by atoms with Crippen molar-refractivity contribution in [1.29, 1.82) is 0 Å². The largest absolute Gasteiger partial charge is 0.493 e. The van der Waals surface area contributed by atoms with Gasteiger partial charge in [0.2, 0.25) is 0 Å². The molecule has 0 radical (unpaired) electrons. The maximum absolute atomic E-state index is 12.7. The van der Waals surface area contributed by atoms with Crippen LogP contribution in [0.4, 0.5) is 0 Å². The predicted molar refractivity (Wildman–Crippen MR) is 114 cm³/mol. The quantitative estimate of drug-likeness (QED) is 0.570. The zero-order chi connectivity index (χ0) is 20.9. The average Bonchev–Trinajstić information content (AvgIpc) is 2.99. The Kier molecular flexibility index (Phi) is 4.58. The maximum Gasteiger partial charge on any atom is 0.338 e. The van der Waals surface area contributed by atoms with Crippen molar-refractivity contribution in [3.63, 3.8) is 0 Å². The smallest absolute Gasteiger partial charge is 0.338 e. The molecular formula is C25H27NO4. The van der Waals surface area contributed by atoms with E-state index in [1.807, 2.05) is 31.2 Å². The Labute approximate surface area is 177 Å². The third kappa shape index (κ3) is 3.00. The fourth-order valence-corrected chi connectivity index (χ4v) is 5.13. The van der Waals surface area contributed by atoms with Crippen LogP contribution in [0.15, 0.2) is 48.6 Å². The van der Waals surface area contributed by atoms with Crippen molar-refractivity contribution in [1.82, 2.24) is 4.90 Å². The Morgan fingerprint density at radius 2 is 2.13 bits per heavy atom. The highest BCUT2D eigenvalue weighted by Crippen LogP contribution is 2.55. The second-order valence-corrected chi connectivity index (χ2v) is 8.67. The van der Waals surface area contributed by atoms with Gasteiger partial charge in [-0.15, -0.1) is 0 Å². The number of methoxy groups -OCH3 is 1. The molecule has 3 aliphatic rings. The minimum Gasteiger partial charge on any atom is -0.493 e. The number of esters is 1. The molecule has 0 N–H and O–H groups in total. The number of rotatable bonds is 3. The third-order valence-electron chi connectivity index (χ3n) is 6.64. The topological polar surface area (TPSA) is 48.0 Å². The molecule has 1 spiro atoms. The van der Waals surface area contributed by atoms with Crippen LogP contribution < -0.4 is 9.47 Å². The number of carbonyl (C=O) groups is 1. The van der Waals surface area contributed by atoms with Crippen LogP contribution in [0.5, 0.6) is 11.5 Å². The standard InChI is InChI=1S/C25H27NO4/c1-16-5-4-6-17(13-16)24(27)29-19-9-10-25-11-12-26(2)15-18-7-8-20(28-3)23(22(18)25)30-21(25)14-19/h4-10,13,19,21H,11-12,14-15H2,1-3H3/t19-,21?,25-/m0/s1. The van der Waals surface area contributed by atoms with Gasteiger partial charge in [0.1, 0.15) is 12.2 Å². The molecule has 5 nitrogen and oxygen atoms in total. The van der Waals surface area contributed by atoms with Crippen molar-refractivity contribution in [3.8, 4) is 11.5 Å². The van der Waals surface area contributed by atoms with Gasteiger partial charge in [-0.2, -0.15) is 0 Å². The highest BCUT2D eigenvalue weighted by atomic mass is 16.6. The Balaban J connectivity index is 1.46. The normalized spacial score (nSPS) is 26.9. The summed E-state index contributed by atoms with van der Waals surface area (Å²) in [6, 6.07) is 11.7. The molecule has 0 bridgehead atoms. The number of hydrogen-bond donors (Lipinski definition) is 0. The van der Waals surface area contributed by atoms with Gasteiger partial charge in [-0.1, -0.05) is 29.8 Å². The lowest BCUT2D eigenvalue weighted by molar-refractivity contribution is 0.0218. The van der Waals surface area contributed by atoms with Crippen LogP contribution in [0.3, 0.4) is 0 Å². The predicted octanol–water partition coefficient (Wildman–Crippen LogP) is 4.02. The van der Waals surface area contributed by atoms with Gasteiger partial charge in [-0.25, -0.2) is 4.79 Å². The molecule has 5 heteroatoms. The van der Waals surface area contributed by atoms with Gasteiger partial charge in [0.25, 0.3) is 0 Å². The second-order valence-electron chi connectivity index (χ2n) is 8.67. The summed E-state index contributed by atoms with van der Waals surface area (Å²) in [5, 5.41) is 0. The number of hydrogen-bond acceptors (Lipinski definition) is 5. The van der Waals surface area contributed by atoms with Crippen LogP contribution in [0, 0.1) is 6.92 Å². The molecule has 156 valence electrons. The first-order valence-electron chi connectivity index (χ1n) is 10.5. The summed E-state index contributed by atoms with van der Waals surface area (Å²) in [5.41, 5.74) is 3.96. The monoisotopic (exact) mass is 405 g/mol. The van der Waals surface area contributed by atoms with E-state index in [1.165, 1.54) is 11.1 Å². The van der Waals surface area contributed by atoms with E-state index in [-0.39, 0.29) is 23.6 Å². The van der Waals surface area contributed by atoms with E-state index < -0.39 is 0 Å². The first-order valence-corrected chi connectivity index (χ1v) is 10.5. The molecule has 1 aliphatic carbocycles. The first-order chi connectivity index (χ1) is 14.5. The summed E-state index contributed by atoms with van der Waals surface area (Å²) in [7, 11) is 3.84. The summed E-state index contributed by atoms with van der Waals surface area (Å²) in [6.07, 6.45) is 5.50. The Bertz CT molecular complexity index is 1030. The molecule has 0 aromatic heterocycles. The van der Waals surface area contributed by atoms with Crippen molar-refractivity contribution < 1.29 is 19.0 Å². The van der Waals surface area contributed by atoms with Crippen molar-refractivity contribution in [2.75, 3.05) is 20.7 Å². The Morgan fingerprint density at radius 3 is 2.93 bits per heavy atom. The van der Waals surface area contributed by atoms with Crippen molar-refractivity contribution >= 4 is 5.97 Å². The van der Waals surface area contributed by atoms with Gasteiger partial charge in [-0.05, 0) is 56.8 Å². The molecule has 2 aromatic carbocycles. The summed E-state index contributed by atoms with van der Waals surface area (Å²) >= 11 is 0. The van der Waals surface area contributed by atoms with E-state index >= 15 is 0 Å². The molecule has 0 saturated heterocycles. The van der Waals surface area contributed by atoms with Gasteiger partial charge in [0.05, 0.1) is 18.1 Å². The molecule has 2 heterocycles. The number of ether oxygens (including phenoxy) is 3. The second kappa shape index (κ2) is 7.17. The molecule has 2 aliphatic heterocycles. The van der Waals surface area contributed by atoms with E-state index in [0.29, 0.717) is 12.0 Å². The fourth-order valence-electron chi connectivity index (χ4n) is 5.13. The summed E-state index contributed by atoms with van der Waals surface area (Å²) in [4.78, 5) is 15.0. The molecule has 30 heavy (non-hydrogen) atoms. The Hall–Kier alpha value is -2.79. The molecule has 5 rings (SSSR count). The first kappa shape index (κ1) is 19.2. The molecule has 0 fully saturated rings. The summed E-state index contributed by atoms with van der Waals surface area (Å²) in [6.45, 7) is 3.84. The maximum atomic E-state index is 12.7. The molecule has 0 amide bonds. The lowest BCUT2D eigenvalue weighted by atomic mass is 9.69. The third-order valence-corrected chi connectivity index (χ3v) is 6.64. The highest BCUT2D eigenvalue weighted by molar-refractivity contribution is 5.89. The molecular weight excluding hydrogens is 378 g/mol. The fraction of sp³-hybridized carbons (Fsp3) is 0.400. The van der Waals surface area contributed by atoms with E-state index in [1.54, 1.807) is 13.2 Å². The van der Waals surface area contributed by atoms with Crippen LogP contribution in [0.2, 0.25) is 0 Å². The van der Waals surface area contributed by atoms with Gasteiger partial charge < -0.3 is 19.1 Å². The van der Waals surface area contributed by atoms with Crippen molar-refractivity contribution in [3.05, 3.63) is 70.8 Å². The molecule has 0 saturated carbocycles. The number of aryl methyl sites for hydroxylation is 1. The van der Waals surface area contributed by atoms with E-state index in [9.17, 15) is 4.79 Å². The summed E-state index contributed by atoms with van der Waals surface area (Å²) < 4.78 is 17.9. The highest BCUT2D eigenvalue weighted by Gasteiger charge is 2.53. The van der Waals surface area contributed by atoms with Gasteiger partial charge in [-0.3, -0.25) is 0 Å². The Morgan fingerprint density at radius 1 is 1.27 bits per heavy atom. The van der Waals surface area contributed by atoms with Crippen LogP contribution >= 0.6 is 0 Å². The van der Waals surface area contributed by atoms with Gasteiger partial charge >= 0.3 is 5.97 Å². The number of benzene rings is 2. The number of nitrogens with zero attached hydrogens (tertiary/aromatic N) is 1. The van der Waals surface area contributed by atoms with Crippen LogP contribution in [0.25, 0.3) is 0 Å². The lowest BCUT2D eigenvalue weighted by Gasteiger charge is -2.36. The van der Waals surface area contributed by atoms with E-state index in [4.69, 9.17) is 14.2 Å². The zero-order valence-electron chi connectivity index (χ0n) is 17.7. The van der Waals surface area contributed by atoms with E-state index in [2.05, 4.69) is 30.2 Å². The van der Waals surface area contributed by atoms with Gasteiger partial charge in [0, 0.05) is 18.5 Å². The SMILES string of the molecule is COc1ccc2c3c1OC1C[C@@H](OC(=O)c4cccc(C)c4)C=C[C@@]31CCN(C)C2. The van der Waals surface area contributed by atoms with Crippen molar-refractivity contribution in [2.45, 2.75) is 43.9 Å². The molecule has 2 aromatic rings. The lowest BCUT2D eigenvalue weighted by Crippen LogP contribution is -2.43. The summed E-state index contributed by atoms with van der Waals surface area (Å²) in [5.74, 6) is 1.33. The van der Waals surface area contributed by atoms with Crippen LogP contribution in [-0.4, -0.2) is 43.8 Å². The number of carbonyl (C=O) groups excluding carboxylic acids is 1. The van der Waals surface area contributed by atoms with Crippen LogP contribution in [0.1, 0.15) is 39.9 Å². The average molecular weight is 405 g/mol. The van der Waals surface area contributed by atoms with Crippen LogP contribution in [-0.2, 0) is 16.7 Å². The molecule has 1 unspecified atom stereocenters. The van der Waals surface area contributed by atoms with Gasteiger partial charge in [0.15, 0.2) is 11.5 Å². The van der Waals surface area contributed by atoms with E-state index in [0.717, 1.165) is 36.6 Å². The molecule has 3 atom stereocenters. The minimum atomic E-state index is -0.307. The zero-order valence-corrected chi connectivity index (χ0v) is 17.7.